The Morgan fingerprint density at radius 1 is 1.25 bits per heavy atom. The quantitative estimate of drug-likeness (QED) is 0.688. The molecule has 1 aliphatic heterocycles. The van der Waals surface area contributed by atoms with Crippen molar-refractivity contribution in [2.45, 2.75) is 49.9 Å². The second-order valence-corrected chi connectivity index (χ2v) is 5.19. The Hall–Kier alpha value is 0.270. The summed E-state index contributed by atoms with van der Waals surface area (Å²) in [6.45, 7) is 6.23. The van der Waals surface area contributed by atoms with Gasteiger partial charge in [-0.15, -0.1) is 11.8 Å². The molecular formula is C9H18O2S. The van der Waals surface area contributed by atoms with E-state index in [0.717, 1.165) is 6.42 Å². The van der Waals surface area contributed by atoms with Gasteiger partial charge >= 0.3 is 0 Å². The maximum absolute atomic E-state index is 9.66. The first kappa shape index (κ1) is 10.4. The van der Waals surface area contributed by atoms with Crippen LogP contribution in [0.2, 0.25) is 0 Å². The summed E-state index contributed by atoms with van der Waals surface area (Å²) in [4.78, 5) is 0. The molecule has 1 heterocycles. The summed E-state index contributed by atoms with van der Waals surface area (Å²) in [5.74, 6) is 0.441. The largest absolute Gasteiger partial charge is 0.389 e. The Morgan fingerprint density at radius 3 is 2.08 bits per heavy atom. The van der Waals surface area contributed by atoms with E-state index in [0.29, 0.717) is 5.92 Å². The standard InChI is InChI=1S/C9H18O2S/c1-4-6-7(10)8(11)9(12-6)5(2)3/h5-11H,4H2,1-3H3. The molecule has 0 saturated carbocycles. The fraction of sp³-hybridized carbons (Fsp3) is 1.00. The third kappa shape index (κ3) is 1.78. The van der Waals surface area contributed by atoms with E-state index < -0.39 is 12.2 Å². The number of thioether (sulfide) groups is 1. The van der Waals surface area contributed by atoms with Crippen molar-refractivity contribution < 1.29 is 10.2 Å². The molecule has 1 saturated heterocycles. The summed E-state index contributed by atoms with van der Waals surface area (Å²) in [6, 6.07) is 0. The minimum Gasteiger partial charge on any atom is -0.389 e. The molecule has 0 aromatic rings. The minimum atomic E-state index is -0.528. The molecule has 0 aromatic carbocycles. The van der Waals surface area contributed by atoms with Gasteiger partial charge in [0.25, 0.3) is 0 Å². The van der Waals surface area contributed by atoms with E-state index in [-0.39, 0.29) is 10.5 Å². The van der Waals surface area contributed by atoms with Crippen LogP contribution < -0.4 is 0 Å². The summed E-state index contributed by atoms with van der Waals surface area (Å²) < 4.78 is 0. The van der Waals surface area contributed by atoms with Crippen LogP contribution >= 0.6 is 11.8 Å². The average Bonchev–Trinajstić information content (AvgIpc) is 2.30. The van der Waals surface area contributed by atoms with Crippen molar-refractivity contribution in [3.63, 3.8) is 0 Å². The third-order valence-electron chi connectivity index (χ3n) is 2.46. The molecule has 1 aliphatic rings. The average molecular weight is 190 g/mol. The van der Waals surface area contributed by atoms with Gasteiger partial charge in [0, 0.05) is 10.5 Å². The predicted octanol–water partition coefficient (Wildman–Crippen LogP) is 1.26. The molecule has 3 heteroatoms. The molecule has 4 unspecified atom stereocenters. The topological polar surface area (TPSA) is 40.5 Å². The van der Waals surface area contributed by atoms with Crippen LogP contribution in [0.15, 0.2) is 0 Å². The van der Waals surface area contributed by atoms with Gasteiger partial charge in [-0.3, -0.25) is 0 Å². The van der Waals surface area contributed by atoms with Crippen LogP contribution in [-0.2, 0) is 0 Å². The Balaban J connectivity index is 2.60. The van der Waals surface area contributed by atoms with Crippen LogP contribution in [0.3, 0.4) is 0 Å². The summed E-state index contributed by atoms with van der Waals surface area (Å²) in [7, 11) is 0. The summed E-state index contributed by atoms with van der Waals surface area (Å²) >= 11 is 1.73. The maximum atomic E-state index is 9.66. The van der Waals surface area contributed by atoms with Crippen LogP contribution in [0.4, 0.5) is 0 Å². The third-order valence-corrected chi connectivity index (χ3v) is 4.56. The van der Waals surface area contributed by atoms with Gasteiger partial charge in [0.05, 0.1) is 12.2 Å². The monoisotopic (exact) mass is 190 g/mol. The van der Waals surface area contributed by atoms with E-state index in [9.17, 15) is 10.2 Å². The van der Waals surface area contributed by atoms with Crippen molar-refractivity contribution >= 4 is 11.8 Å². The first-order valence-corrected chi connectivity index (χ1v) is 5.53. The number of hydrogen-bond acceptors (Lipinski definition) is 3. The summed E-state index contributed by atoms with van der Waals surface area (Å²) in [6.07, 6.45) is -0.112. The van der Waals surface area contributed by atoms with Crippen LogP contribution in [0.25, 0.3) is 0 Å². The second-order valence-electron chi connectivity index (χ2n) is 3.77. The van der Waals surface area contributed by atoms with Gasteiger partial charge in [-0.25, -0.2) is 0 Å². The molecule has 1 fully saturated rings. The Labute approximate surface area is 78.4 Å². The first-order chi connectivity index (χ1) is 5.57. The lowest BCUT2D eigenvalue weighted by Gasteiger charge is -2.18. The molecule has 0 amide bonds. The van der Waals surface area contributed by atoms with Gasteiger partial charge in [-0.05, 0) is 12.3 Å². The van der Waals surface area contributed by atoms with Crippen molar-refractivity contribution in [2.75, 3.05) is 0 Å². The van der Waals surface area contributed by atoms with Crippen LogP contribution in [0.5, 0.6) is 0 Å². The van der Waals surface area contributed by atoms with Crippen molar-refractivity contribution in [1.82, 2.24) is 0 Å². The van der Waals surface area contributed by atoms with Crippen molar-refractivity contribution in [3.05, 3.63) is 0 Å². The molecule has 2 N–H and O–H groups in total. The van der Waals surface area contributed by atoms with Gasteiger partial charge in [0.15, 0.2) is 0 Å². The molecule has 0 bridgehead atoms. The Kier molecular flexibility index (Phi) is 3.44. The van der Waals surface area contributed by atoms with E-state index >= 15 is 0 Å². The van der Waals surface area contributed by atoms with Gasteiger partial charge in [0.2, 0.25) is 0 Å². The van der Waals surface area contributed by atoms with Gasteiger partial charge in [0.1, 0.15) is 0 Å². The van der Waals surface area contributed by atoms with Crippen molar-refractivity contribution in [1.29, 1.82) is 0 Å². The zero-order valence-corrected chi connectivity index (χ0v) is 8.71. The van der Waals surface area contributed by atoms with Crippen LogP contribution in [0, 0.1) is 5.92 Å². The van der Waals surface area contributed by atoms with Gasteiger partial charge < -0.3 is 10.2 Å². The second kappa shape index (κ2) is 3.99. The number of hydrogen-bond donors (Lipinski definition) is 2. The molecule has 0 spiro atoms. The fourth-order valence-corrected chi connectivity index (χ4v) is 3.22. The fourth-order valence-electron chi connectivity index (χ4n) is 1.67. The molecule has 0 radical (unpaired) electrons. The van der Waals surface area contributed by atoms with E-state index in [4.69, 9.17) is 0 Å². The summed E-state index contributed by atoms with van der Waals surface area (Å²) in [5, 5.41) is 19.7. The van der Waals surface area contributed by atoms with E-state index in [2.05, 4.69) is 20.8 Å². The molecule has 72 valence electrons. The van der Waals surface area contributed by atoms with Crippen molar-refractivity contribution in [3.8, 4) is 0 Å². The molecule has 4 atom stereocenters. The molecule has 1 rings (SSSR count). The molecule has 0 aliphatic carbocycles. The minimum absolute atomic E-state index is 0.213. The first-order valence-electron chi connectivity index (χ1n) is 4.59. The lowest BCUT2D eigenvalue weighted by Crippen LogP contribution is -2.34. The molecular weight excluding hydrogens is 172 g/mol. The highest BCUT2D eigenvalue weighted by molar-refractivity contribution is 8.00. The van der Waals surface area contributed by atoms with E-state index in [1.54, 1.807) is 11.8 Å². The zero-order valence-electron chi connectivity index (χ0n) is 7.90. The van der Waals surface area contributed by atoms with Crippen LogP contribution in [-0.4, -0.2) is 32.9 Å². The lowest BCUT2D eigenvalue weighted by atomic mass is 9.99. The Bertz CT molecular complexity index is 149. The maximum Gasteiger partial charge on any atom is 0.0930 e. The SMILES string of the molecule is CCC1SC(C(C)C)C(O)C1O. The number of rotatable bonds is 2. The normalized spacial score (nSPS) is 42.5. The highest BCUT2D eigenvalue weighted by atomic mass is 32.2. The zero-order chi connectivity index (χ0) is 9.30. The van der Waals surface area contributed by atoms with Gasteiger partial charge in [-0.1, -0.05) is 20.8 Å². The van der Waals surface area contributed by atoms with E-state index in [1.807, 2.05) is 0 Å². The molecule has 0 aromatic heterocycles. The predicted molar refractivity (Wildman–Crippen MR) is 52.3 cm³/mol. The summed E-state index contributed by atoms with van der Waals surface area (Å²) in [5.41, 5.74) is 0. The van der Waals surface area contributed by atoms with E-state index in [1.165, 1.54) is 0 Å². The molecule has 2 nitrogen and oxygen atoms in total. The number of aliphatic hydroxyl groups is 2. The highest BCUT2D eigenvalue weighted by Crippen LogP contribution is 2.39. The van der Waals surface area contributed by atoms with Gasteiger partial charge in [-0.2, -0.15) is 0 Å². The number of aliphatic hydroxyl groups excluding tert-OH is 2. The van der Waals surface area contributed by atoms with Crippen molar-refractivity contribution in [2.24, 2.45) is 5.92 Å². The Morgan fingerprint density at radius 2 is 1.83 bits per heavy atom. The van der Waals surface area contributed by atoms with Crippen LogP contribution in [0.1, 0.15) is 27.2 Å². The smallest absolute Gasteiger partial charge is 0.0930 e. The highest BCUT2D eigenvalue weighted by Gasteiger charge is 2.42. The molecule has 12 heavy (non-hydrogen) atoms. The lowest BCUT2D eigenvalue weighted by molar-refractivity contribution is 0.0218.